The first-order valence-corrected chi connectivity index (χ1v) is 6.68. The van der Waals surface area contributed by atoms with Crippen LogP contribution in [-0.4, -0.2) is 12.2 Å². The summed E-state index contributed by atoms with van der Waals surface area (Å²) in [4.78, 5) is 1.95. The van der Waals surface area contributed by atoms with Crippen molar-refractivity contribution in [1.82, 2.24) is 0 Å². The maximum atomic E-state index is 10.1. The first-order chi connectivity index (χ1) is 9.69. The number of rotatable bonds is 4. The van der Waals surface area contributed by atoms with E-state index < -0.39 is 6.10 Å². The van der Waals surface area contributed by atoms with E-state index in [0.717, 1.165) is 16.9 Å². The van der Waals surface area contributed by atoms with Crippen molar-refractivity contribution < 1.29 is 5.11 Å². The van der Waals surface area contributed by atoms with Gasteiger partial charge >= 0.3 is 0 Å². The van der Waals surface area contributed by atoms with Gasteiger partial charge in [-0.2, -0.15) is 5.26 Å². The van der Waals surface area contributed by atoms with Crippen LogP contribution in [0.25, 0.3) is 0 Å². The van der Waals surface area contributed by atoms with Crippen LogP contribution in [0.3, 0.4) is 0 Å². The maximum absolute atomic E-state index is 10.1. The number of anilines is 2. The second kappa shape index (κ2) is 6.23. The lowest BCUT2D eigenvalue weighted by atomic mass is 10.0. The zero-order valence-corrected chi connectivity index (χ0v) is 11.7. The van der Waals surface area contributed by atoms with E-state index in [1.807, 2.05) is 61.3 Å². The molecular formula is C17H18N2O. The van der Waals surface area contributed by atoms with Crippen molar-refractivity contribution in [2.24, 2.45) is 0 Å². The molecule has 0 aliphatic carbocycles. The zero-order chi connectivity index (χ0) is 14.5. The summed E-state index contributed by atoms with van der Waals surface area (Å²) in [6.45, 7) is 1.95. The summed E-state index contributed by atoms with van der Waals surface area (Å²) < 4.78 is 0. The minimum Gasteiger partial charge on any atom is -0.388 e. The molecule has 0 saturated heterocycles. The lowest BCUT2D eigenvalue weighted by molar-refractivity contribution is 0.174. The standard InChI is InChI=1S/C17H18N2O/c1-3-17(20)14-9-5-7-11-16(14)19(2)15-10-6-4-8-13(15)12-18/h4-11,17,20H,3H2,1-2H3. The van der Waals surface area contributed by atoms with Crippen molar-refractivity contribution in [1.29, 1.82) is 5.26 Å². The highest BCUT2D eigenvalue weighted by molar-refractivity contribution is 5.71. The summed E-state index contributed by atoms with van der Waals surface area (Å²) in [6.07, 6.45) is 0.160. The minimum absolute atomic E-state index is 0.497. The van der Waals surface area contributed by atoms with Crippen LogP contribution in [0, 0.1) is 11.3 Å². The number of hydrogen-bond acceptors (Lipinski definition) is 3. The number of benzene rings is 2. The molecule has 3 heteroatoms. The SMILES string of the molecule is CCC(O)c1ccccc1N(C)c1ccccc1C#N. The topological polar surface area (TPSA) is 47.3 Å². The van der Waals surface area contributed by atoms with Gasteiger partial charge in [0.25, 0.3) is 0 Å². The average molecular weight is 266 g/mol. The Morgan fingerprint density at radius 1 is 1.10 bits per heavy atom. The van der Waals surface area contributed by atoms with Crippen LogP contribution in [0.4, 0.5) is 11.4 Å². The summed E-state index contributed by atoms with van der Waals surface area (Å²) in [5, 5.41) is 19.4. The van der Waals surface area contributed by atoms with E-state index >= 15 is 0 Å². The molecule has 0 aromatic heterocycles. The normalized spacial score (nSPS) is 11.7. The number of aliphatic hydroxyl groups is 1. The first-order valence-electron chi connectivity index (χ1n) is 6.68. The monoisotopic (exact) mass is 266 g/mol. The fourth-order valence-electron chi connectivity index (χ4n) is 2.29. The Balaban J connectivity index is 2.49. The van der Waals surface area contributed by atoms with E-state index in [0.29, 0.717) is 12.0 Å². The van der Waals surface area contributed by atoms with E-state index in [2.05, 4.69) is 6.07 Å². The van der Waals surface area contributed by atoms with Crippen molar-refractivity contribution in [3.8, 4) is 6.07 Å². The van der Waals surface area contributed by atoms with Gasteiger partial charge in [-0.1, -0.05) is 37.3 Å². The Labute approximate surface area is 119 Å². The van der Waals surface area contributed by atoms with Gasteiger partial charge in [-0.05, 0) is 24.6 Å². The van der Waals surface area contributed by atoms with Gasteiger partial charge in [-0.15, -0.1) is 0 Å². The summed E-state index contributed by atoms with van der Waals surface area (Å²) in [5.74, 6) is 0. The van der Waals surface area contributed by atoms with Crippen molar-refractivity contribution in [3.05, 3.63) is 59.7 Å². The van der Waals surface area contributed by atoms with Crippen LogP contribution in [0.1, 0.15) is 30.6 Å². The molecule has 0 spiro atoms. The lowest BCUT2D eigenvalue weighted by Gasteiger charge is -2.25. The van der Waals surface area contributed by atoms with Gasteiger partial charge in [-0.25, -0.2) is 0 Å². The summed E-state index contributed by atoms with van der Waals surface area (Å²) >= 11 is 0. The molecule has 102 valence electrons. The molecule has 1 N–H and O–H groups in total. The number of nitriles is 1. The van der Waals surface area contributed by atoms with Gasteiger partial charge in [0.15, 0.2) is 0 Å². The molecule has 0 bridgehead atoms. The van der Waals surface area contributed by atoms with Crippen LogP contribution in [0.5, 0.6) is 0 Å². The molecule has 3 nitrogen and oxygen atoms in total. The van der Waals surface area contributed by atoms with Crippen LogP contribution < -0.4 is 4.90 Å². The zero-order valence-electron chi connectivity index (χ0n) is 11.7. The molecule has 0 amide bonds. The van der Waals surface area contributed by atoms with Crippen molar-refractivity contribution in [2.75, 3.05) is 11.9 Å². The smallest absolute Gasteiger partial charge is 0.101 e. The molecule has 20 heavy (non-hydrogen) atoms. The molecule has 0 aliphatic heterocycles. The fraction of sp³-hybridized carbons (Fsp3) is 0.235. The van der Waals surface area contributed by atoms with E-state index in [9.17, 15) is 10.4 Å². The number of para-hydroxylation sites is 2. The molecule has 1 unspecified atom stereocenters. The van der Waals surface area contributed by atoms with E-state index in [1.165, 1.54) is 0 Å². The molecular weight excluding hydrogens is 248 g/mol. The lowest BCUT2D eigenvalue weighted by Crippen LogP contribution is -2.14. The number of nitrogens with zero attached hydrogens (tertiary/aromatic N) is 2. The average Bonchev–Trinajstić information content (AvgIpc) is 2.53. The van der Waals surface area contributed by atoms with Crippen molar-refractivity contribution in [3.63, 3.8) is 0 Å². The largest absolute Gasteiger partial charge is 0.388 e. The maximum Gasteiger partial charge on any atom is 0.101 e. The molecule has 0 saturated carbocycles. The van der Waals surface area contributed by atoms with E-state index in [4.69, 9.17) is 0 Å². The highest BCUT2D eigenvalue weighted by Crippen LogP contribution is 2.33. The van der Waals surface area contributed by atoms with Crippen LogP contribution in [0.2, 0.25) is 0 Å². The molecule has 0 fully saturated rings. The van der Waals surface area contributed by atoms with Gasteiger partial charge in [0.2, 0.25) is 0 Å². The second-order valence-corrected chi connectivity index (χ2v) is 4.67. The second-order valence-electron chi connectivity index (χ2n) is 4.67. The summed E-state index contributed by atoms with van der Waals surface area (Å²) in [7, 11) is 1.91. The Bertz CT molecular complexity index is 631. The predicted octanol–water partition coefficient (Wildman–Crippen LogP) is 3.77. The Morgan fingerprint density at radius 2 is 1.70 bits per heavy atom. The van der Waals surface area contributed by atoms with Gasteiger partial charge in [0, 0.05) is 18.3 Å². The van der Waals surface area contributed by atoms with E-state index in [-0.39, 0.29) is 0 Å². The van der Waals surface area contributed by atoms with Crippen LogP contribution in [0.15, 0.2) is 48.5 Å². The van der Waals surface area contributed by atoms with Crippen molar-refractivity contribution in [2.45, 2.75) is 19.4 Å². The third-order valence-electron chi connectivity index (χ3n) is 3.43. The van der Waals surface area contributed by atoms with Gasteiger partial charge in [0.05, 0.1) is 17.4 Å². The minimum atomic E-state index is -0.497. The Kier molecular flexibility index (Phi) is 4.39. The predicted molar refractivity (Wildman–Crippen MR) is 80.9 cm³/mol. The molecule has 2 aromatic rings. The first kappa shape index (κ1) is 14.1. The molecule has 2 rings (SSSR count). The Morgan fingerprint density at radius 3 is 2.35 bits per heavy atom. The summed E-state index contributed by atoms with van der Waals surface area (Å²) in [5.41, 5.74) is 3.26. The third kappa shape index (κ3) is 2.66. The van der Waals surface area contributed by atoms with Crippen LogP contribution >= 0.6 is 0 Å². The number of hydrogen-bond donors (Lipinski definition) is 1. The number of aliphatic hydroxyl groups excluding tert-OH is 1. The molecule has 0 heterocycles. The van der Waals surface area contributed by atoms with E-state index in [1.54, 1.807) is 6.07 Å². The van der Waals surface area contributed by atoms with Crippen molar-refractivity contribution >= 4 is 11.4 Å². The molecule has 1 atom stereocenters. The highest BCUT2D eigenvalue weighted by atomic mass is 16.3. The highest BCUT2D eigenvalue weighted by Gasteiger charge is 2.15. The molecule has 2 aromatic carbocycles. The van der Waals surface area contributed by atoms with Crippen LogP contribution in [-0.2, 0) is 0 Å². The third-order valence-corrected chi connectivity index (χ3v) is 3.43. The summed E-state index contributed by atoms with van der Waals surface area (Å²) in [6, 6.07) is 17.4. The Hall–Kier alpha value is -2.31. The van der Waals surface area contributed by atoms with Gasteiger partial charge in [-0.3, -0.25) is 0 Å². The molecule has 0 radical (unpaired) electrons. The van der Waals surface area contributed by atoms with Gasteiger partial charge < -0.3 is 10.0 Å². The fourth-order valence-corrected chi connectivity index (χ4v) is 2.29. The molecule has 0 aliphatic rings. The van der Waals surface area contributed by atoms with Gasteiger partial charge in [0.1, 0.15) is 6.07 Å². The quantitative estimate of drug-likeness (QED) is 0.916.